The van der Waals surface area contributed by atoms with Gasteiger partial charge in [-0.05, 0) is 12.1 Å². The number of hydrogen-bond acceptors (Lipinski definition) is 5. The van der Waals surface area contributed by atoms with Crippen LogP contribution in [0.15, 0.2) is 30.6 Å². The molecule has 0 radical (unpaired) electrons. The van der Waals surface area contributed by atoms with E-state index in [2.05, 4.69) is 20.2 Å². The van der Waals surface area contributed by atoms with E-state index in [1.807, 2.05) is 0 Å². The maximum absolute atomic E-state index is 14.2. The van der Waals surface area contributed by atoms with Crippen LogP contribution in [0.4, 0.5) is 4.39 Å². The third-order valence-electron chi connectivity index (χ3n) is 4.10. The normalized spacial score (nSPS) is 15.1. The lowest BCUT2D eigenvalue weighted by Crippen LogP contribution is -2.46. The van der Waals surface area contributed by atoms with E-state index in [1.165, 1.54) is 19.2 Å². The first-order chi connectivity index (χ1) is 11.6. The lowest BCUT2D eigenvalue weighted by molar-refractivity contribution is 0.0104. The SMILES string of the molecule is CNC(=O)c1ccc(-c2nccnc2C2CN(COC)C2)cc1F. The fourth-order valence-corrected chi connectivity index (χ4v) is 2.88. The standard InChI is InChI=1S/C17H19FN4O2/c1-19-17(23)13-4-3-11(7-14(13)18)15-16(21-6-5-20-15)12-8-22(9-12)10-24-2/h3-7,12H,8-10H2,1-2H3,(H,19,23). The molecule has 0 aliphatic carbocycles. The Bertz CT molecular complexity index is 747. The van der Waals surface area contributed by atoms with Gasteiger partial charge in [0, 0.05) is 51.1 Å². The molecule has 126 valence electrons. The Morgan fingerprint density at radius 2 is 2.12 bits per heavy atom. The molecule has 24 heavy (non-hydrogen) atoms. The van der Waals surface area contributed by atoms with E-state index in [0.717, 1.165) is 18.8 Å². The van der Waals surface area contributed by atoms with Gasteiger partial charge in [-0.15, -0.1) is 0 Å². The summed E-state index contributed by atoms with van der Waals surface area (Å²) in [5.41, 5.74) is 2.13. The molecular weight excluding hydrogens is 311 g/mol. The molecule has 1 amide bonds. The van der Waals surface area contributed by atoms with Gasteiger partial charge in [-0.3, -0.25) is 19.7 Å². The highest BCUT2D eigenvalue weighted by Gasteiger charge is 2.31. The molecule has 1 aromatic carbocycles. The number of carbonyl (C=O) groups excluding carboxylic acids is 1. The minimum absolute atomic E-state index is 0.0154. The molecule has 1 N–H and O–H groups in total. The third-order valence-corrected chi connectivity index (χ3v) is 4.10. The highest BCUT2D eigenvalue weighted by atomic mass is 19.1. The zero-order chi connectivity index (χ0) is 17.1. The Morgan fingerprint density at radius 1 is 1.38 bits per heavy atom. The van der Waals surface area contributed by atoms with Crippen LogP contribution in [0, 0.1) is 5.82 Å². The number of methoxy groups -OCH3 is 1. The number of rotatable bonds is 5. The number of carbonyl (C=O) groups is 1. The number of ether oxygens (including phenoxy) is 1. The number of amides is 1. The maximum atomic E-state index is 14.2. The summed E-state index contributed by atoms with van der Waals surface area (Å²) >= 11 is 0. The Morgan fingerprint density at radius 3 is 2.79 bits per heavy atom. The van der Waals surface area contributed by atoms with Gasteiger partial charge in [0.1, 0.15) is 5.82 Å². The van der Waals surface area contributed by atoms with Gasteiger partial charge in [-0.2, -0.15) is 0 Å². The summed E-state index contributed by atoms with van der Waals surface area (Å²) in [6.45, 7) is 2.25. The lowest BCUT2D eigenvalue weighted by atomic mass is 9.92. The molecule has 0 spiro atoms. The van der Waals surface area contributed by atoms with Crippen molar-refractivity contribution in [2.45, 2.75) is 5.92 Å². The van der Waals surface area contributed by atoms with E-state index < -0.39 is 11.7 Å². The third kappa shape index (κ3) is 3.13. The van der Waals surface area contributed by atoms with Crippen molar-refractivity contribution in [3.8, 4) is 11.3 Å². The molecule has 0 atom stereocenters. The number of likely N-dealkylation sites (tertiary alicyclic amines) is 1. The average Bonchev–Trinajstić information content (AvgIpc) is 2.57. The smallest absolute Gasteiger partial charge is 0.253 e. The number of nitrogens with one attached hydrogen (secondary N) is 1. The van der Waals surface area contributed by atoms with Crippen LogP contribution in [-0.4, -0.2) is 54.8 Å². The van der Waals surface area contributed by atoms with Gasteiger partial charge in [0.05, 0.1) is 23.7 Å². The number of nitrogens with zero attached hydrogens (tertiary/aromatic N) is 3. The second kappa shape index (κ2) is 7.02. The molecule has 0 bridgehead atoms. The second-order valence-corrected chi connectivity index (χ2v) is 5.71. The predicted molar refractivity (Wildman–Crippen MR) is 87.0 cm³/mol. The molecule has 1 aliphatic heterocycles. The summed E-state index contributed by atoms with van der Waals surface area (Å²) in [7, 11) is 3.14. The molecule has 1 fully saturated rings. The van der Waals surface area contributed by atoms with E-state index in [0.29, 0.717) is 18.0 Å². The largest absolute Gasteiger partial charge is 0.369 e. The topological polar surface area (TPSA) is 67.4 Å². The van der Waals surface area contributed by atoms with Crippen molar-refractivity contribution in [3.63, 3.8) is 0 Å². The van der Waals surface area contributed by atoms with E-state index in [-0.39, 0.29) is 11.5 Å². The van der Waals surface area contributed by atoms with Crippen molar-refractivity contribution in [1.29, 1.82) is 0 Å². The summed E-state index contributed by atoms with van der Waals surface area (Å²) in [6, 6.07) is 4.51. The molecule has 0 unspecified atom stereocenters. The molecule has 1 aromatic heterocycles. The highest BCUT2D eigenvalue weighted by molar-refractivity contribution is 5.94. The van der Waals surface area contributed by atoms with Gasteiger partial charge < -0.3 is 10.1 Å². The average molecular weight is 330 g/mol. The quantitative estimate of drug-likeness (QED) is 0.903. The highest BCUT2D eigenvalue weighted by Crippen LogP contribution is 2.32. The molecule has 2 aromatic rings. The summed E-state index contributed by atoms with van der Waals surface area (Å²) in [6.07, 6.45) is 3.24. The van der Waals surface area contributed by atoms with E-state index in [1.54, 1.807) is 25.6 Å². The van der Waals surface area contributed by atoms with Gasteiger partial charge in [0.2, 0.25) is 0 Å². The fourth-order valence-electron chi connectivity index (χ4n) is 2.88. The van der Waals surface area contributed by atoms with Gasteiger partial charge in [-0.25, -0.2) is 4.39 Å². The van der Waals surface area contributed by atoms with E-state index in [9.17, 15) is 9.18 Å². The zero-order valence-electron chi connectivity index (χ0n) is 13.6. The minimum atomic E-state index is -0.571. The van der Waals surface area contributed by atoms with Gasteiger partial charge >= 0.3 is 0 Å². The number of benzene rings is 1. The molecule has 0 saturated carbocycles. The molecule has 1 saturated heterocycles. The van der Waals surface area contributed by atoms with Crippen molar-refractivity contribution in [2.75, 3.05) is 34.0 Å². The zero-order valence-corrected chi connectivity index (χ0v) is 13.6. The van der Waals surface area contributed by atoms with E-state index >= 15 is 0 Å². The molecule has 3 rings (SSSR count). The number of hydrogen-bond donors (Lipinski definition) is 1. The first-order valence-corrected chi connectivity index (χ1v) is 7.68. The van der Waals surface area contributed by atoms with Gasteiger partial charge in [0.25, 0.3) is 5.91 Å². The van der Waals surface area contributed by atoms with Crippen LogP contribution in [-0.2, 0) is 4.74 Å². The summed E-state index contributed by atoms with van der Waals surface area (Å²) in [5.74, 6) is -0.781. The van der Waals surface area contributed by atoms with Crippen LogP contribution < -0.4 is 5.32 Å². The van der Waals surface area contributed by atoms with E-state index in [4.69, 9.17) is 4.74 Å². The Balaban J connectivity index is 1.88. The molecule has 7 heteroatoms. The van der Waals surface area contributed by atoms with Crippen molar-refractivity contribution < 1.29 is 13.9 Å². The second-order valence-electron chi connectivity index (χ2n) is 5.71. The van der Waals surface area contributed by atoms with Gasteiger partial charge in [0.15, 0.2) is 0 Å². The van der Waals surface area contributed by atoms with Crippen molar-refractivity contribution in [3.05, 3.63) is 47.7 Å². The fraction of sp³-hybridized carbons (Fsp3) is 0.353. The van der Waals surface area contributed by atoms with Crippen LogP contribution in [0.3, 0.4) is 0 Å². The molecule has 1 aliphatic rings. The van der Waals surface area contributed by atoms with Crippen LogP contribution in [0.25, 0.3) is 11.3 Å². The minimum Gasteiger partial charge on any atom is -0.369 e. The van der Waals surface area contributed by atoms with Crippen LogP contribution in [0.5, 0.6) is 0 Å². The predicted octanol–water partition coefficient (Wildman–Crippen LogP) is 1.65. The molecule has 6 nitrogen and oxygen atoms in total. The Hall–Kier alpha value is -2.38. The van der Waals surface area contributed by atoms with Crippen LogP contribution in [0.2, 0.25) is 0 Å². The number of aromatic nitrogens is 2. The lowest BCUT2D eigenvalue weighted by Gasteiger charge is -2.38. The summed E-state index contributed by atoms with van der Waals surface area (Å²) in [5, 5.41) is 2.42. The first-order valence-electron chi connectivity index (χ1n) is 7.68. The number of halogens is 1. The van der Waals surface area contributed by atoms with Crippen LogP contribution in [0.1, 0.15) is 22.0 Å². The van der Waals surface area contributed by atoms with Crippen LogP contribution >= 0.6 is 0 Å². The Kier molecular flexibility index (Phi) is 4.82. The summed E-state index contributed by atoms with van der Waals surface area (Å²) in [4.78, 5) is 22.6. The van der Waals surface area contributed by atoms with Crippen molar-refractivity contribution in [1.82, 2.24) is 20.2 Å². The molecular formula is C17H19FN4O2. The Labute approximate surface area is 139 Å². The maximum Gasteiger partial charge on any atom is 0.253 e. The van der Waals surface area contributed by atoms with Crippen molar-refractivity contribution in [2.24, 2.45) is 0 Å². The first kappa shape index (κ1) is 16.5. The van der Waals surface area contributed by atoms with Gasteiger partial charge in [-0.1, -0.05) is 6.07 Å². The molecule has 2 heterocycles. The monoisotopic (exact) mass is 330 g/mol. The van der Waals surface area contributed by atoms with Crippen molar-refractivity contribution >= 4 is 5.91 Å². The summed E-state index contributed by atoms with van der Waals surface area (Å²) < 4.78 is 19.3.